The summed E-state index contributed by atoms with van der Waals surface area (Å²) in [5.74, 6) is 1.39. The van der Waals surface area contributed by atoms with Crippen molar-refractivity contribution in [1.29, 1.82) is 0 Å². The van der Waals surface area contributed by atoms with Crippen LogP contribution in [0.25, 0.3) is 0 Å². The summed E-state index contributed by atoms with van der Waals surface area (Å²) in [6.07, 6.45) is 9.21. The number of unbranched alkanes of at least 4 members (excludes halogenated alkanes) is 1. The van der Waals surface area contributed by atoms with Crippen molar-refractivity contribution in [2.45, 2.75) is 44.9 Å². The lowest BCUT2D eigenvalue weighted by atomic mass is 9.70. The van der Waals surface area contributed by atoms with E-state index in [9.17, 15) is 14.7 Å². The van der Waals surface area contributed by atoms with Gasteiger partial charge in [0.2, 0.25) is 0 Å². The Hall–Kier alpha value is -1.30. The number of carbonyl (C=O) groups excluding carboxylic acids is 1. The van der Waals surface area contributed by atoms with Crippen LogP contribution in [0.15, 0.2) is 0 Å². The maximum absolute atomic E-state index is 11.7. The quantitative estimate of drug-likeness (QED) is 0.437. The molecule has 0 heterocycles. The van der Waals surface area contributed by atoms with Crippen LogP contribution in [0.1, 0.15) is 44.9 Å². The monoisotopic (exact) mass is 208 g/mol. The molecule has 1 rings (SSSR count). The molecular formula is C12H16O3. The molecule has 0 aromatic rings. The summed E-state index contributed by atoms with van der Waals surface area (Å²) < 4.78 is 0. The van der Waals surface area contributed by atoms with Gasteiger partial charge in [0.05, 0.1) is 0 Å². The number of aliphatic carboxylic acids is 1. The summed E-state index contributed by atoms with van der Waals surface area (Å²) in [4.78, 5) is 22.9. The molecule has 1 fully saturated rings. The first kappa shape index (κ1) is 11.8. The molecule has 0 aromatic carbocycles. The van der Waals surface area contributed by atoms with Gasteiger partial charge in [-0.25, -0.2) is 0 Å². The number of hydrogen-bond acceptors (Lipinski definition) is 2. The van der Waals surface area contributed by atoms with Crippen LogP contribution in [-0.4, -0.2) is 16.9 Å². The molecule has 15 heavy (non-hydrogen) atoms. The predicted octanol–water partition coefficient (Wildman–Crippen LogP) is 2.00. The van der Waals surface area contributed by atoms with Gasteiger partial charge >= 0.3 is 5.97 Å². The van der Waals surface area contributed by atoms with Crippen LogP contribution in [0.2, 0.25) is 0 Å². The van der Waals surface area contributed by atoms with Crippen LogP contribution < -0.4 is 0 Å². The molecule has 1 aliphatic carbocycles. The highest BCUT2D eigenvalue weighted by Gasteiger charge is 2.45. The maximum atomic E-state index is 11.7. The van der Waals surface area contributed by atoms with Crippen molar-refractivity contribution in [2.24, 2.45) is 5.41 Å². The summed E-state index contributed by atoms with van der Waals surface area (Å²) in [7, 11) is 0. The zero-order valence-electron chi connectivity index (χ0n) is 8.79. The van der Waals surface area contributed by atoms with Gasteiger partial charge in [-0.3, -0.25) is 9.59 Å². The summed E-state index contributed by atoms with van der Waals surface area (Å²) in [5, 5.41) is 9.19. The maximum Gasteiger partial charge on any atom is 0.317 e. The minimum absolute atomic E-state index is 0.113. The van der Waals surface area contributed by atoms with E-state index in [-0.39, 0.29) is 5.78 Å². The number of terminal acetylenes is 1. The third kappa shape index (κ3) is 2.38. The lowest BCUT2D eigenvalue weighted by Gasteiger charge is -2.31. The van der Waals surface area contributed by atoms with E-state index in [0.29, 0.717) is 32.1 Å². The number of carbonyl (C=O) groups is 2. The third-order valence-electron chi connectivity index (χ3n) is 3.13. The number of carboxylic acids is 1. The number of carboxylic acid groups (broad SMARTS) is 1. The molecule has 82 valence electrons. The van der Waals surface area contributed by atoms with E-state index in [1.807, 2.05) is 0 Å². The Morgan fingerprint density at radius 2 is 2.27 bits per heavy atom. The summed E-state index contributed by atoms with van der Waals surface area (Å²) >= 11 is 0. The first-order chi connectivity index (χ1) is 7.13. The first-order valence-corrected chi connectivity index (χ1v) is 5.33. The lowest BCUT2D eigenvalue weighted by molar-refractivity contribution is -0.157. The minimum atomic E-state index is -1.13. The highest BCUT2D eigenvalue weighted by atomic mass is 16.4. The van der Waals surface area contributed by atoms with Crippen LogP contribution >= 0.6 is 0 Å². The molecule has 0 radical (unpaired) electrons. The second-order valence-corrected chi connectivity index (χ2v) is 4.08. The van der Waals surface area contributed by atoms with Crippen LogP contribution in [0, 0.1) is 17.8 Å². The molecule has 3 nitrogen and oxygen atoms in total. The predicted molar refractivity (Wildman–Crippen MR) is 56.2 cm³/mol. The molecular weight excluding hydrogens is 192 g/mol. The van der Waals surface area contributed by atoms with E-state index in [1.165, 1.54) is 0 Å². The lowest BCUT2D eigenvalue weighted by Crippen LogP contribution is -2.41. The van der Waals surface area contributed by atoms with Gasteiger partial charge < -0.3 is 5.11 Å². The second-order valence-electron chi connectivity index (χ2n) is 4.08. The Bertz CT molecular complexity index is 300. The van der Waals surface area contributed by atoms with E-state index in [2.05, 4.69) is 5.92 Å². The first-order valence-electron chi connectivity index (χ1n) is 5.33. The molecule has 1 N–H and O–H groups in total. The van der Waals surface area contributed by atoms with Crippen molar-refractivity contribution in [3.05, 3.63) is 0 Å². The van der Waals surface area contributed by atoms with Crippen LogP contribution in [0.4, 0.5) is 0 Å². The van der Waals surface area contributed by atoms with Crippen molar-refractivity contribution in [3.8, 4) is 12.3 Å². The molecule has 1 atom stereocenters. The molecule has 3 heteroatoms. The SMILES string of the molecule is C#CCCCC1(C(=O)O)CCCCC1=O. The highest BCUT2D eigenvalue weighted by molar-refractivity contribution is 6.03. The third-order valence-corrected chi connectivity index (χ3v) is 3.13. The van der Waals surface area contributed by atoms with Crippen LogP contribution in [-0.2, 0) is 9.59 Å². The average molecular weight is 208 g/mol. The topological polar surface area (TPSA) is 54.4 Å². The van der Waals surface area contributed by atoms with E-state index < -0.39 is 11.4 Å². The van der Waals surface area contributed by atoms with Crippen molar-refractivity contribution < 1.29 is 14.7 Å². The van der Waals surface area contributed by atoms with Crippen molar-refractivity contribution in [3.63, 3.8) is 0 Å². The fraction of sp³-hybridized carbons (Fsp3) is 0.667. The smallest absolute Gasteiger partial charge is 0.317 e. The Morgan fingerprint density at radius 1 is 1.53 bits per heavy atom. The standard InChI is InChI=1S/C12H16O3/c1-2-3-5-8-12(11(14)15)9-6-4-7-10(12)13/h1H,3-9H2,(H,14,15). The van der Waals surface area contributed by atoms with E-state index >= 15 is 0 Å². The number of rotatable bonds is 4. The molecule has 1 aliphatic rings. The van der Waals surface area contributed by atoms with Crippen LogP contribution in [0.5, 0.6) is 0 Å². The second kappa shape index (κ2) is 4.97. The Labute approximate surface area is 89.9 Å². The fourth-order valence-corrected chi connectivity index (χ4v) is 2.18. The van der Waals surface area contributed by atoms with Gasteiger partial charge in [0.1, 0.15) is 11.2 Å². The van der Waals surface area contributed by atoms with Gasteiger partial charge in [0.25, 0.3) is 0 Å². The van der Waals surface area contributed by atoms with Gasteiger partial charge in [0.15, 0.2) is 0 Å². The minimum Gasteiger partial charge on any atom is -0.480 e. The number of hydrogen-bond donors (Lipinski definition) is 1. The van der Waals surface area contributed by atoms with Crippen molar-refractivity contribution in [2.75, 3.05) is 0 Å². The normalized spacial score (nSPS) is 25.9. The van der Waals surface area contributed by atoms with Gasteiger partial charge in [-0.05, 0) is 25.7 Å². The van der Waals surface area contributed by atoms with Crippen LogP contribution in [0.3, 0.4) is 0 Å². The molecule has 0 aromatic heterocycles. The molecule has 1 saturated carbocycles. The van der Waals surface area contributed by atoms with Gasteiger partial charge in [-0.15, -0.1) is 12.3 Å². The number of ketones is 1. The van der Waals surface area contributed by atoms with E-state index in [4.69, 9.17) is 6.42 Å². The van der Waals surface area contributed by atoms with Crippen molar-refractivity contribution >= 4 is 11.8 Å². The van der Waals surface area contributed by atoms with Crippen molar-refractivity contribution in [1.82, 2.24) is 0 Å². The summed E-state index contributed by atoms with van der Waals surface area (Å²) in [5.41, 5.74) is -1.13. The average Bonchev–Trinajstić information content (AvgIpc) is 2.21. The van der Waals surface area contributed by atoms with E-state index in [0.717, 1.165) is 12.8 Å². The number of Topliss-reactive ketones (excluding diaryl/α,β-unsaturated/α-hetero) is 1. The van der Waals surface area contributed by atoms with Gasteiger partial charge in [-0.2, -0.15) is 0 Å². The summed E-state index contributed by atoms with van der Waals surface area (Å²) in [6, 6.07) is 0. The van der Waals surface area contributed by atoms with Gasteiger partial charge in [-0.1, -0.05) is 6.42 Å². The molecule has 0 amide bonds. The zero-order valence-corrected chi connectivity index (χ0v) is 8.79. The van der Waals surface area contributed by atoms with Gasteiger partial charge in [0, 0.05) is 12.8 Å². The largest absolute Gasteiger partial charge is 0.480 e. The molecule has 0 saturated heterocycles. The molecule has 0 aliphatic heterocycles. The molecule has 1 unspecified atom stereocenters. The van der Waals surface area contributed by atoms with E-state index in [1.54, 1.807) is 0 Å². The zero-order chi connectivity index (χ0) is 11.3. The Morgan fingerprint density at radius 3 is 2.80 bits per heavy atom. The Kier molecular flexibility index (Phi) is 3.90. The summed E-state index contributed by atoms with van der Waals surface area (Å²) in [6.45, 7) is 0. The fourth-order valence-electron chi connectivity index (χ4n) is 2.18. The highest BCUT2D eigenvalue weighted by Crippen LogP contribution is 2.38. The molecule has 0 spiro atoms. The Balaban J connectivity index is 2.73. The molecule has 0 bridgehead atoms.